The lowest BCUT2D eigenvalue weighted by molar-refractivity contribution is 0.0717. The van der Waals surface area contributed by atoms with Gasteiger partial charge in [-0.05, 0) is 31.4 Å². The Labute approximate surface area is 126 Å². The number of aromatic nitrogens is 1. The van der Waals surface area contributed by atoms with Crippen LogP contribution in [0.25, 0.3) is 0 Å². The lowest BCUT2D eigenvalue weighted by atomic mass is 10.1. The lowest BCUT2D eigenvalue weighted by Crippen LogP contribution is -2.36. The highest BCUT2D eigenvalue weighted by atomic mass is 35.5. The number of nitrogens with zero attached hydrogens (tertiary/aromatic N) is 2. The Bertz CT molecular complexity index is 468. The third-order valence-corrected chi connectivity index (χ3v) is 4.34. The van der Waals surface area contributed by atoms with E-state index in [0.29, 0.717) is 16.8 Å². The van der Waals surface area contributed by atoms with Crippen molar-refractivity contribution in [2.45, 2.75) is 57.9 Å². The third-order valence-electron chi connectivity index (χ3n) is 4.15. The van der Waals surface area contributed by atoms with E-state index in [1.165, 1.54) is 25.7 Å². The SMILES string of the molecule is CCc1cc(C(=O)N(C)C2CCCCCC2)cc(Cl)n1. The Morgan fingerprint density at radius 1 is 1.30 bits per heavy atom. The van der Waals surface area contributed by atoms with Crippen molar-refractivity contribution in [3.05, 3.63) is 28.5 Å². The largest absolute Gasteiger partial charge is 0.339 e. The van der Waals surface area contributed by atoms with Crippen LogP contribution in [0, 0.1) is 0 Å². The van der Waals surface area contributed by atoms with Crippen LogP contribution in [-0.4, -0.2) is 28.9 Å². The zero-order valence-corrected chi connectivity index (χ0v) is 13.1. The second-order valence-corrected chi connectivity index (χ2v) is 5.97. The van der Waals surface area contributed by atoms with E-state index in [2.05, 4.69) is 4.98 Å². The smallest absolute Gasteiger partial charge is 0.254 e. The molecule has 0 spiro atoms. The number of hydrogen-bond donors (Lipinski definition) is 0. The van der Waals surface area contributed by atoms with Gasteiger partial charge in [0.1, 0.15) is 5.15 Å². The average Bonchev–Trinajstić information content (AvgIpc) is 2.74. The number of aryl methyl sites for hydroxylation is 1. The summed E-state index contributed by atoms with van der Waals surface area (Å²) in [6.45, 7) is 2.02. The first kappa shape index (κ1) is 15.3. The maximum absolute atomic E-state index is 12.6. The Balaban J connectivity index is 2.14. The molecule has 4 heteroatoms. The van der Waals surface area contributed by atoms with Crippen LogP contribution in [0.5, 0.6) is 0 Å². The van der Waals surface area contributed by atoms with E-state index in [1.807, 2.05) is 24.9 Å². The predicted molar refractivity (Wildman–Crippen MR) is 82.2 cm³/mol. The third kappa shape index (κ3) is 3.72. The van der Waals surface area contributed by atoms with Crippen molar-refractivity contribution in [2.24, 2.45) is 0 Å². The van der Waals surface area contributed by atoms with Gasteiger partial charge in [-0.25, -0.2) is 4.98 Å². The minimum atomic E-state index is 0.0656. The molecule has 1 aromatic heterocycles. The maximum atomic E-state index is 12.6. The van der Waals surface area contributed by atoms with E-state index in [0.717, 1.165) is 25.0 Å². The first-order valence-corrected chi connectivity index (χ1v) is 7.93. The molecule has 20 heavy (non-hydrogen) atoms. The van der Waals surface area contributed by atoms with E-state index < -0.39 is 0 Å². The van der Waals surface area contributed by atoms with Crippen LogP contribution in [-0.2, 0) is 6.42 Å². The van der Waals surface area contributed by atoms with Crippen molar-refractivity contribution in [1.82, 2.24) is 9.88 Å². The van der Waals surface area contributed by atoms with Crippen molar-refractivity contribution < 1.29 is 4.79 Å². The van der Waals surface area contributed by atoms with Gasteiger partial charge in [-0.3, -0.25) is 4.79 Å². The highest BCUT2D eigenvalue weighted by Gasteiger charge is 2.22. The molecule has 1 aliphatic carbocycles. The molecule has 0 atom stereocenters. The van der Waals surface area contributed by atoms with Gasteiger partial charge in [0.05, 0.1) is 0 Å². The van der Waals surface area contributed by atoms with Crippen LogP contribution in [0.2, 0.25) is 5.15 Å². The van der Waals surface area contributed by atoms with Gasteiger partial charge in [0, 0.05) is 24.3 Å². The molecule has 110 valence electrons. The van der Waals surface area contributed by atoms with E-state index >= 15 is 0 Å². The summed E-state index contributed by atoms with van der Waals surface area (Å²) in [6.07, 6.45) is 8.04. The van der Waals surface area contributed by atoms with Gasteiger partial charge in [0.15, 0.2) is 0 Å². The Morgan fingerprint density at radius 2 is 1.95 bits per heavy atom. The summed E-state index contributed by atoms with van der Waals surface area (Å²) in [4.78, 5) is 18.7. The minimum Gasteiger partial charge on any atom is -0.339 e. The van der Waals surface area contributed by atoms with E-state index in [9.17, 15) is 4.79 Å². The molecule has 0 saturated heterocycles. The maximum Gasteiger partial charge on any atom is 0.254 e. The number of rotatable bonds is 3. The highest BCUT2D eigenvalue weighted by Crippen LogP contribution is 2.23. The van der Waals surface area contributed by atoms with Gasteiger partial charge >= 0.3 is 0 Å². The molecule has 0 aliphatic heterocycles. The van der Waals surface area contributed by atoms with Crippen LogP contribution in [0.1, 0.15) is 61.5 Å². The molecule has 1 saturated carbocycles. The molecule has 0 aromatic carbocycles. The molecule has 1 heterocycles. The summed E-state index contributed by atoms with van der Waals surface area (Å²) in [5.74, 6) is 0.0656. The molecule has 0 unspecified atom stereocenters. The average molecular weight is 295 g/mol. The topological polar surface area (TPSA) is 33.2 Å². The van der Waals surface area contributed by atoms with Gasteiger partial charge in [-0.1, -0.05) is 44.2 Å². The summed E-state index contributed by atoms with van der Waals surface area (Å²) >= 11 is 6.01. The van der Waals surface area contributed by atoms with Crippen molar-refractivity contribution in [2.75, 3.05) is 7.05 Å². The Hall–Kier alpha value is -1.09. The number of hydrogen-bond acceptors (Lipinski definition) is 2. The van der Waals surface area contributed by atoms with E-state index in [-0.39, 0.29) is 5.91 Å². The minimum absolute atomic E-state index is 0.0656. The fourth-order valence-electron chi connectivity index (χ4n) is 2.87. The van der Waals surface area contributed by atoms with Crippen molar-refractivity contribution in [3.8, 4) is 0 Å². The summed E-state index contributed by atoms with van der Waals surface area (Å²) < 4.78 is 0. The molecule has 1 aliphatic rings. The second-order valence-electron chi connectivity index (χ2n) is 5.58. The number of amides is 1. The van der Waals surface area contributed by atoms with Gasteiger partial charge < -0.3 is 4.90 Å². The van der Waals surface area contributed by atoms with E-state index in [4.69, 9.17) is 11.6 Å². The van der Waals surface area contributed by atoms with Gasteiger partial charge in [0.2, 0.25) is 0 Å². The molecule has 2 rings (SSSR count). The van der Waals surface area contributed by atoms with Crippen LogP contribution in [0.4, 0.5) is 0 Å². The first-order chi connectivity index (χ1) is 9.61. The molecule has 0 N–H and O–H groups in total. The van der Waals surface area contributed by atoms with Gasteiger partial charge in [0.25, 0.3) is 5.91 Å². The van der Waals surface area contributed by atoms with Crippen molar-refractivity contribution in [1.29, 1.82) is 0 Å². The quantitative estimate of drug-likeness (QED) is 0.621. The predicted octanol–water partition coefficient (Wildman–Crippen LogP) is 4.09. The fraction of sp³-hybridized carbons (Fsp3) is 0.625. The lowest BCUT2D eigenvalue weighted by Gasteiger charge is -2.27. The molecule has 1 fully saturated rings. The van der Waals surface area contributed by atoms with E-state index in [1.54, 1.807) is 6.07 Å². The summed E-state index contributed by atoms with van der Waals surface area (Å²) in [5, 5.41) is 0.405. The molecule has 0 bridgehead atoms. The molecule has 1 aromatic rings. The van der Waals surface area contributed by atoms with Crippen LogP contribution < -0.4 is 0 Å². The number of carbonyl (C=O) groups is 1. The fourth-order valence-corrected chi connectivity index (χ4v) is 3.10. The summed E-state index contributed by atoms with van der Waals surface area (Å²) in [6, 6.07) is 3.90. The van der Waals surface area contributed by atoms with Crippen molar-refractivity contribution in [3.63, 3.8) is 0 Å². The number of pyridine rings is 1. The summed E-state index contributed by atoms with van der Waals surface area (Å²) in [7, 11) is 1.91. The first-order valence-electron chi connectivity index (χ1n) is 7.55. The van der Waals surface area contributed by atoms with Crippen LogP contribution in [0.3, 0.4) is 0 Å². The Morgan fingerprint density at radius 3 is 2.55 bits per heavy atom. The molecular formula is C16H23ClN2O. The van der Waals surface area contributed by atoms with Gasteiger partial charge in [-0.15, -0.1) is 0 Å². The zero-order chi connectivity index (χ0) is 14.5. The molecule has 1 amide bonds. The van der Waals surface area contributed by atoms with Crippen LogP contribution >= 0.6 is 11.6 Å². The molecular weight excluding hydrogens is 272 g/mol. The number of halogens is 1. The zero-order valence-electron chi connectivity index (χ0n) is 12.4. The van der Waals surface area contributed by atoms with Gasteiger partial charge in [-0.2, -0.15) is 0 Å². The molecule has 3 nitrogen and oxygen atoms in total. The highest BCUT2D eigenvalue weighted by molar-refractivity contribution is 6.29. The normalized spacial score (nSPS) is 16.8. The standard InChI is InChI=1S/C16H23ClN2O/c1-3-13-10-12(11-15(17)18-13)16(20)19(2)14-8-6-4-5-7-9-14/h10-11,14H,3-9H2,1-2H3. The second kappa shape index (κ2) is 7.07. The summed E-state index contributed by atoms with van der Waals surface area (Å²) in [5.41, 5.74) is 1.53. The van der Waals surface area contributed by atoms with Crippen molar-refractivity contribution >= 4 is 17.5 Å². The Kier molecular flexibility index (Phi) is 5.41. The van der Waals surface area contributed by atoms with Crippen LogP contribution in [0.15, 0.2) is 12.1 Å². The molecule has 0 radical (unpaired) electrons. The number of carbonyl (C=O) groups excluding carboxylic acids is 1. The monoisotopic (exact) mass is 294 g/mol.